The first-order valence-electron chi connectivity index (χ1n) is 6.37. The van der Waals surface area contributed by atoms with E-state index in [4.69, 9.17) is 5.73 Å². The van der Waals surface area contributed by atoms with Gasteiger partial charge in [0, 0.05) is 18.7 Å². The molecule has 1 amide bonds. The predicted octanol–water partition coefficient (Wildman–Crippen LogP) is 2.37. The van der Waals surface area contributed by atoms with E-state index >= 15 is 0 Å². The number of rotatable bonds is 2. The molecular weight excluding hydrogens is 267 g/mol. The topological polar surface area (TPSA) is 46.3 Å². The van der Waals surface area contributed by atoms with Gasteiger partial charge in [-0.15, -0.1) is 12.4 Å². The Morgan fingerprint density at radius 1 is 1.53 bits per heavy atom. The lowest BCUT2D eigenvalue weighted by Crippen LogP contribution is -2.42. The quantitative estimate of drug-likeness (QED) is 0.907. The Morgan fingerprint density at radius 3 is 2.89 bits per heavy atom. The molecule has 3 nitrogen and oxygen atoms in total. The van der Waals surface area contributed by atoms with E-state index in [0.717, 1.165) is 19.4 Å². The van der Waals surface area contributed by atoms with Gasteiger partial charge in [-0.3, -0.25) is 4.79 Å². The van der Waals surface area contributed by atoms with Crippen molar-refractivity contribution in [3.63, 3.8) is 0 Å². The molecule has 1 aliphatic rings. The van der Waals surface area contributed by atoms with Crippen LogP contribution >= 0.6 is 12.4 Å². The molecule has 1 unspecified atom stereocenters. The van der Waals surface area contributed by atoms with Crippen LogP contribution in [0.1, 0.15) is 28.8 Å². The second-order valence-corrected chi connectivity index (χ2v) is 4.96. The number of likely N-dealkylation sites (tertiary alicyclic amines) is 1. The molecule has 0 saturated carbocycles. The molecule has 1 heterocycles. The van der Waals surface area contributed by atoms with Crippen LogP contribution in [0.4, 0.5) is 4.39 Å². The van der Waals surface area contributed by atoms with Crippen LogP contribution in [0.15, 0.2) is 18.2 Å². The van der Waals surface area contributed by atoms with Gasteiger partial charge >= 0.3 is 0 Å². The smallest absolute Gasteiger partial charge is 0.253 e. The minimum absolute atomic E-state index is 0. The number of aryl methyl sites for hydroxylation is 1. The molecule has 0 aromatic heterocycles. The van der Waals surface area contributed by atoms with Crippen LogP contribution in [0, 0.1) is 18.7 Å². The van der Waals surface area contributed by atoms with E-state index < -0.39 is 0 Å². The monoisotopic (exact) mass is 286 g/mol. The number of amides is 1. The van der Waals surface area contributed by atoms with Crippen molar-refractivity contribution in [1.82, 2.24) is 4.90 Å². The second-order valence-electron chi connectivity index (χ2n) is 4.96. The predicted molar refractivity (Wildman–Crippen MR) is 76.1 cm³/mol. The summed E-state index contributed by atoms with van der Waals surface area (Å²) >= 11 is 0. The first-order chi connectivity index (χ1) is 8.61. The van der Waals surface area contributed by atoms with Gasteiger partial charge in [0.25, 0.3) is 5.91 Å². The summed E-state index contributed by atoms with van der Waals surface area (Å²) in [5.74, 6) is 0.102. The third-order valence-electron chi connectivity index (χ3n) is 3.54. The van der Waals surface area contributed by atoms with E-state index in [2.05, 4.69) is 0 Å². The average Bonchev–Trinajstić information content (AvgIpc) is 2.41. The molecule has 19 heavy (non-hydrogen) atoms. The van der Waals surface area contributed by atoms with Crippen molar-refractivity contribution >= 4 is 18.3 Å². The van der Waals surface area contributed by atoms with E-state index in [9.17, 15) is 9.18 Å². The summed E-state index contributed by atoms with van der Waals surface area (Å²) < 4.78 is 13.2. The molecule has 1 fully saturated rings. The average molecular weight is 287 g/mol. The fourth-order valence-electron chi connectivity index (χ4n) is 2.40. The number of nitrogens with zero attached hydrogens (tertiary/aromatic N) is 1. The highest BCUT2D eigenvalue weighted by atomic mass is 35.5. The van der Waals surface area contributed by atoms with Crippen molar-refractivity contribution in [3.05, 3.63) is 35.1 Å². The molecule has 0 radical (unpaired) electrons. The molecule has 2 N–H and O–H groups in total. The molecule has 1 aliphatic heterocycles. The fraction of sp³-hybridized carbons (Fsp3) is 0.500. The molecule has 0 aliphatic carbocycles. The maximum absolute atomic E-state index is 13.2. The van der Waals surface area contributed by atoms with Crippen LogP contribution in [0.5, 0.6) is 0 Å². The van der Waals surface area contributed by atoms with Crippen LogP contribution in [0.3, 0.4) is 0 Å². The molecule has 5 heteroatoms. The number of carbonyl (C=O) groups is 1. The highest BCUT2D eigenvalue weighted by Crippen LogP contribution is 2.18. The van der Waals surface area contributed by atoms with Gasteiger partial charge in [0.1, 0.15) is 5.82 Å². The molecule has 0 spiro atoms. The third-order valence-corrected chi connectivity index (χ3v) is 3.54. The van der Waals surface area contributed by atoms with Crippen LogP contribution < -0.4 is 5.73 Å². The number of benzene rings is 1. The maximum Gasteiger partial charge on any atom is 0.253 e. The van der Waals surface area contributed by atoms with Gasteiger partial charge in [0.2, 0.25) is 0 Å². The zero-order valence-corrected chi connectivity index (χ0v) is 11.9. The van der Waals surface area contributed by atoms with Gasteiger partial charge in [-0.05, 0) is 56.0 Å². The number of nitrogens with two attached hydrogens (primary N) is 1. The third kappa shape index (κ3) is 3.67. The van der Waals surface area contributed by atoms with Crippen LogP contribution in [0.25, 0.3) is 0 Å². The SMILES string of the molecule is Cc1cc(C(=O)N2CCCC(CN)C2)ccc1F.Cl. The Kier molecular flexibility index (Phi) is 5.76. The summed E-state index contributed by atoms with van der Waals surface area (Å²) in [6.45, 7) is 3.77. The van der Waals surface area contributed by atoms with Crippen molar-refractivity contribution < 1.29 is 9.18 Å². The van der Waals surface area contributed by atoms with Gasteiger partial charge in [0.05, 0.1) is 0 Å². The van der Waals surface area contributed by atoms with E-state index in [0.29, 0.717) is 30.1 Å². The van der Waals surface area contributed by atoms with Gasteiger partial charge in [-0.2, -0.15) is 0 Å². The normalized spacial score (nSPS) is 18.9. The number of piperidine rings is 1. The largest absolute Gasteiger partial charge is 0.338 e. The van der Waals surface area contributed by atoms with Gasteiger partial charge in [0.15, 0.2) is 0 Å². The number of hydrogen-bond acceptors (Lipinski definition) is 2. The summed E-state index contributed by atoms with van der Waals surface area (Å²) in [4.78, 5) is 14.1. The summed E-state index contributed by atoms with van der Waals surface area (Å²) in [5, 5.41) is 0. The Hall–Kier alpha value is -1.13. The van der Waals surface area contributed by atoms with Crippen LogP contribution in [0.2, 0.25) is 0 Å². The van der Waals surface area contributed by atoms with Crippen molar-refractivity contribution in [2.45, 2.75) is 19.8 Å². The van der Waals surface area contributed by atoms with Crippen molar-refractivity contribution in [3.8, 4) is 0 Å². The Balaban J connectivity index is 0.00000180. The molecule has 1 aromatic rings. The first kappa shape index (κ1) is 15.9. The summed E-state index contributed by atoms with van der Waals surface area (Å²) in [6, 6.07) is 4.52. The summed E-state index contributed by atoms with van der Waals surface area (Å²) in [6.07, 6.45) is 2.08. The molecule has 1 atom stereocenters. The van der Waals surface area contributed by atoms with Crippen LogP contribution in [-0.2, 0) is 0 Å². The van der Waals surface area contributed by atoms with E-state index in [1.165, 1.54) is 6.07 Å². The Morgan fingerprint density at radius 2 is 2.26 bits per heavy atom. The van der Waals surface area contributed by atoms with Gasteiger partial charge in [-0.25, -0.2) is 4.39 Å². The summed E-state index contributed by atoms with van der Waals surface area (Å²) in [7, 11) is 0. The zero-order valence-electron chi connectivity index (χ0n) is 11.1. The molecule has 106 valence electrons. The van der Waals surface area contributed by atoms with Crippen molar-refractivity contribution in [2.75, 3.05) is 19.6 Å². The van der Waals surface area contributed by atoms with E-state index in [-0.39, 0.29) is 24.1 Å². The molecule has 2 rings (SSSR count). The number of carbonyl (C=O) groups excluding carboxylic acids is 1. The molecule has 1 saturated heterocycles. The molecule has 0 bridgehead atoms. The second kappa shape index (κ2) is 6.87. The van der Waals surface area contributed by atoms with Crippen LogP contribution in [-0.4, -0.2) is 30.4 Å². The van der Waals surface area contributed by atoms with Crippen molar-refractivity contribution in [1.29, 1.82) is 0 Å². The maximum atomic E-state index is 13.2. The Bertz CT molecular complexity index is 453. The van der Waals surface area contributed by atoms with Crippen molar-refractivity contribution in [2.24, 2.45) is 11.7 Å². The lowest BCUT2D eigenvalue weighted by Gasteiger charge is -2.32. The first-order valence-corrected chi connectivity index (χ1v) is 6.37. The number of hydrogen-bond donors (Lipinski definition) is 1. The molecule has 1 aromatic carbocycles. The summed E-state index contributed by atoms with van der Waals surface area (Å²) in [5.41, 5.74) is 6.73. The van der Waals surface area contributed by atoms with Gasteiger partial charge < -0.3 is 10.6 Å². The minimum Gasteiger partial charge on any atom is -0.338 e. The Labute approximate surface area is 119 Å². The zero-order chi connectivity index (χ0) is 13.1. The molecular formula is C14H20ClFN2O. The van der Waals surface area contributed by atoms with E-state index in [1.54, 1.807) is 19.1 Å². The minimum atomic E-state index is -0.273. The standard InChI is InChI=1S/C14H19FN2O.ClH/c1-10-7-12(4-5-13(10)15)14(18)17-6-2-3-11(8-16)9-17;/h4-5,7,11H,2-3,6,8-9,16H2,1H3;1H. The highest BCUT2D eigenvalue weighted by Gasteiger charge is 2.23. The fourth-order valence-corrected chi connectivity index (χ4v) is 2.40. The lowest BCUT2D eigenvalue weighted by molar-refractivity contribution is 0.0678. The van der Waals surface area contributed by atoms with Gasteiger partial charge in [-0.1, -0.05) is 0 Å². The highest BCUT2D eigenvalue weighted by molar-refractivity contribution is 5.94. The van der Waals surface area contributed by atoms with E-state index in [1.807, 2.05) is 4.90 Å². The number of halogens is 2. The lowest BCUT2D eigenvalue weighted by atomic mass is 9.97.